The highest BCUT2D eigenvalue weighted by atomic mass is 35.5. The minimum atomic E-state index is -3.43. The molecular formula is C12H16ClN3O2S. The molecule has 0 heterocycles. The van der Waals surface area contributed by atoms with Gasteiger partial charge < -0.3 is 16.5 Å². The molecule has 0 aromatic heterocycles. The summed E-state index contributed by atoms with van der Waals surface area (Å²) < 4.78 is 24.4. The molecule has 0 aliphatic carbocycles. The van der Waals surface area contributed by atoms with Crippen LogP contribution < -0.4 is 11.1 Å². The van der Waals surface area contributed by atoms with Crippen molar-refractivity contribution in [2.45, 2.75) is 24.0 Å². The van der Waals surface area contributed by atoms with Gasteiger partial charge in [-0.05, 0) is 26.0 Å². The summed E-state index contributed by atoms with van der Waals surface area (Å²) in [5.41, 5.74) is 5.98. The lowest BCUT2D eigenvalue weighted by Gasteiger charge is -2.14. The lowest BCUT2D eigenvalue weighted by Crippen LogP contribution is -2.18. The molecule has 0 fully saturated rings. The molecule has 104 valence electrons. The number of hydrogen-bond donors (Lipinski definition) is 3. The Morgan fingerprint density at radius 2 is 2.00 bits per heavy atom. The number of benzene rings is 1. The van der Waals surface area contributed by atoms with Crippen LogP contribution in [-0.2, 0) is 9.84 Å². The van der Waals surface area contributed by atoms with Gasteiger partial charge in [0.25, 0.3) is 0 Å². The van der Waals surface area contributed by atoms with E-state index < -0.39 is 15.1 Å². The van der Waals surface area contributed by atoms with Crippen molar-refractivity contribution in [3.05, 3.63) is 35.1 Å². The molecule has 0 unspecified atom stereocenters. The second-order valence-corrected chi connectivity index (χ2v) is 7.00. The normalized spacial score (nSPS) is 13.1. The predicted molar refractivity (Wildman–Crippen MR) is 78.2 cm³/mol. The Morgan fingerprint density at radius 1 is 1.42 bits per heavy atom. The first-order valence-corrected chi connectivity index (χ1v) is 7.48. The van der Waals surface area contributed by atoms with Crippen LogP contribution in [0.1, 0.15) is 13.8 Å². The first kappa shape index (κ1) is 15.5. The van der Waals surface area contributed by atoms with E-state index in [2.05, 4.69) is 5.32 Å². The highest BCUT2D eigenvalue weighted by Gasteiger charge is 2.22. The molecule has 4 N–H and O–H groups in total. The average Bonchev–Trinajstić information content (AvgIpc) is 2.37. The molecule has 0 atom stereocenters. The van der Waals surface area contributed by atoms with E-state index >= 15 is 0 Å². The molecule has 1 rings (SSSR count). The first-order chi connectivity index (χ1) is 8.80. The summed E-state index contributed by atoms with van der Waals surface area (Å²) >= 11 is 5.69. The largest absolute Gasteiger partial charge is 0.384 e. The third kappa shape index (κ3) is 3.48. The summed E-state index contributed by atoms with van der Waals surface area (Å²) in [6.45, 7) is 3.21. The van der Waals surface area contributed by atoms with E-state index in [1.165, 1.54) is 6.07 Å². The van der Waals surface area contributed by atoms with Crippen molar-refractivity contribution in [2.75, 3.05) is 5.32 Å². The third-order valence-electron chi connectivity index (χ3n) is 2.47. The number of nitrogens with one attached hydrogen (secondary N) is 2. The van der Waals surface area contributed by atoms with E-state index in [0.717, 1.165) is 6.21 Å². The lowest BCUT2D eigenvalue weighted by atomic mass is 10.3. The van der Waals surface area contributed by atoms with Crippen LogP contribution in [-0.4, -0.2) is 19.9 Å². The molecule has 19 heavy (non-hydrogen) atoms. The van der Waals surface area contributed by atoms with Crippen LogP contribution in [0, 0.1) is 5.41 Å². The van der Waals surface area contributed by atoms with Crippen molar-refractivity contribution < 1.29 is 8.42 Å². The number of anilines is 1. The lowest BCUT2D eigenvalue weighted by molar-refractivity contribution is 0.587. The molecule has 0 saturated carbocycles. The number of nitrogens with two attached hydrogens (primary N) is 1. The van der Waals surface area contributed by atoms with Gasteiger partial charge in [0.2, 0.25) is 0 Å². The fraction of sp³-hybridized carbons (Fsp3) is 0.250. The topological polar surface area (TPSA) is 96.0 Å². The smallest absolute Gasteiger partial charge is 0.182 e. The number of allylic oxidation sites excluding steroid dienone is 1. The molecule has 0 saturated heterocycles. The summed E-state index contributed by atoms with van der Waals surface area (Å²) in [6.07, 6.45) is 0.878. The Hall–Kier alpha value is -1.53. The minimum absolute atomic E-state index is 0.0109. The van der Waals surface area contributed by atoms with Crippen molar-refractivity contribution in [2.24, 2.45) is 5.73 Å². The number of sulfone groups is 1. The van der Waals surface area contributed by atoms with Gasteiger partial charge in [-0.2, -0.15) is 0 Å². The van der Waals surface area contributed by atoms with E-state index in [-0.39, 0.29) is 15.7 Å². The minimum Gasteiger partial charge on any atom is -0.384 e. The first-order valence-electron chi connectivity index (χ1n) is 5.56. The summed E-state index contributed by atoms with van der Waals surface area (Å²) in [5.74, 6) is 0.0306. The summed E-state index contributed by atoms with van der Waals surface area (Å²) in [6, 6.07) is 6.42. The van der Waals surface area contributed by atoms with Gasteiger partial charge in [-0.1, -0.05) is 23.7 Å². The average molecular weight is 302 g/mol. The maximum atomic E-state index is 12.2. The maximum Gasteiger partial charge on any atom is 0.182 e. The third-order valence-corrected chi connectivity index (χ3v) is 4.99. The molecule has 0 aliphatic heterocycles. The number of hydrogen-bond acceptors (Lipinski definition) is 5. The SMILES string of the molecule is CC(C)S(=O)(=O)c1ccccc1N/C(N)=C(\Cl)C=N. The Morgan fingerprint density at radius 3 is 2.53 bits per heavy atom. The molecule has 0 bridgehead atoms. The van der Waals surface area contributed by atoms with Crippen molar-refractivity contribution in [3.63, 3.8) is 0 Å². The van der Waals surface area contributed by atoms with E-state index in [0.29, 0.717) is 5.69 Å². The second kappa shape index (κ2) is 6.08. The zero-order valence-corrected chi connectivity index (χ0v) is 12.2. The van der Waals surface area contributed by atoms with E-state index in [4.69, 9.17) is 22.7 Å². The Bertz CT molecular complexity index is 609. The van der Waals surface area contributed by atoms with Crippen molar-refractivity contribution in [1.29, 1.82) is 5.41 Å². The molecule has 1 aromatic rings. The molecule has 0 spiro atoms. The van der Waals surface area contributed by atoms with Crippen LogP contribution in [0.2, 0.25) is 0 Å². The molecule has 7 heteroatoms. The van der Waals surface area contributed by atoms with Crippen LogP contribution in [0.3, 0.4) is 0 Å². The van der Waals surface area contributed by atoms with Gasteiger partial charge in [0.1, 0.15) is 5.82 Å². The van der Waals surface area contributed by atoms with E-state index in [1.54, 1.807) is 32.0 Å². The zero-order valence-electron chi connectivity index (χ0n) is 10.6. The molecule has 0 radical (unpaired) electrons. The van der Waals surface area contributed by atoms with Crippen LogP contribution in [0.5, 0.6) is 0 Å². The van der Waals surface area contributed by atoms with Crippen molar-refractivity contribution in [3.8, 4) is 0 Å². The number of rotatable bonds is 5. The van der Waals surface area contributed by atoms with Gasteiger partial charge in [0.15, 0.2) is 9.84 Å². The highest BCUT2D eigenvalue weighted by Crippen LogP contribution is 2.25. The highest BCUT2D eigenvalue weighted by molar-refractivity contribution is 7.92. The zero-order chi connectivity index (χ0) is 14.6. The number of para-hydroxylation sites is 1. The Kier molecular flexibility index (Phi) is 4.97. The monoisotopic (exact) mass is 301 g/mol. The van der Waals surface area contributed by atoms with Gasteiger partial charge >= 0.3 is 0 Å². The van der Waals surface area contributed by atoms with Gasteiger partial charge in [-0.15, -0.1) is 0 Å². The molecular weight excluding hydrogens is 286 g/mol. The van der Waals surface area contributed by atoms with Gasteiger partial charge in [-0.25, -0.2) is 8.42 Å². The van der Waals surface area contributed by atoms with E-state index in [9.17, 15) is 8.42 Å². The molecule has 0 aliphatic rings. The predicted octanol–water partition coefficient (Wildman–Crippen LogP) is 2.30. The number of halogens is 1. The quantitative estimate of drug-likeness (QED) is 0.727. The van der Waals surface area contributed by atoms with Crippen LogP contribution in [0.4, 0.5) is 5.69 Å². The van der Waals surface area contributed by atoms with Crippen molar-refractivity contribution in [1.82, 2.24) is 0 Å². The van der Waals surface area contributed by atoms with Crippen LogP contribution >= 0.6 is 11.6 Å². The molecule has 5 nitrogen and oxygen atoms in total. The van der Waals surface area contributed by atoms with Gasteiger partial charge in [0.05, 0.1) is 20.9 Å². The Labute approximate surface area is 117 Å². The van der Waals surface area contributed by atoms with Gasteiger partial charge in [0, 0.05) is 6.21 Å². The van der Waals surface area contributed by atoms with Crippen LogP contribution in [0.25, 0.3) is 0 Å². The fourth-order valence-electron chi connectivity index (χ4n) is 1.35. The van der Waals surface area contributed by atoms with Crippen molar-refractivity contribution >= 4 is 33.3 Å². The Balaban J connectivity index is 3.29. The fourth-order valence-corrected chi connectivity index (χ4v) is 2.60. The van der Waals surface area contributed by atoms with E-state index in [1.807, 2.05) is 0 Å². The summed E-state index contributed by atoms with van der Waals surface area (Å²) in [4.78, 5) is 0.155. The summed E-state index contributed by atoms with van der Waals surface area (Å²) in [5, 5.41) is 9.18. The maximum absolute atomic E-state index is 12.2. The van der Waals surface area contributed by atoms with Gasteiger partial charge in [-0.3, -0.25) is 0 Å². The summed E-state index contributed by atoms with van der Waals surface area (Å²) in [7, 11) is -3.43. The second-order valence-electron chi connectivity index (χ2n) is 4.12. The molecule has 0 amide bonds. The van der Waals surface area contributed by atoms with Crippen LogP contribution in [0.15, 0.2) is 40.0 Å². The standard InChI is InChI=1S/C12H16ClN3O2S/c1-8(2)19(17,18)11-6-4-3-5-10(11)16-12(15)9(13)7-14/h3-8,14,16H,15H2,1-2H3/b12-9-,14-7?. The molecule has 1 aromatic carbocycles.